The van der Waals surface area contributed by atoms with Crippen molar-refractivity contribution in [1.29, 1.82) is 0 Å². The minimum Gasteiger partial charge on any atom is -0.508 e. The Bertz CT molecular complexity index is 522. The van der Waals surface area contributed by atoms with Gasteiger partial charge in [0.2, 0.25) is 0 Å². The summed E-state index contributed by atoms with van der Waals surface area (Å²) in [6.07, 6.45) is 0. The van der Waals surface area contributed by atoms with Crippen LogP contribution in [0.2, 0.25) is 0 Å². The molecule has 2 aromatic rings. The summed E-state index contributed by atoms with van der Waals surface area (Å²) >= 11 is 1.12. The molecule has 2 rings (SSSR count). The van der Waals surface area contributed by atoms with Crippen LogP contribution in [0.25, 0.3) is 10.4 Å². The normalized spacial score (nSPS) is 10.2. The Hall–Kier alpha value is -1.95. The van der Waals surface area contributed by atoms with Crippen molar-refractivity contribution < 1.29 is 14.6 Å². The van der Waals surface area contributed by atoms with Gasteiger partial charge >= 0.3 is 5.97 Å². The number of carbonyl (C=O) groups is 1. The summed E-state index contributed by atoms with van der Waals surface area (Å²) in [6.45, 7) is 2.03. The van der Waals surface area contributed by atoms with E-state index in [4.69, 9.17) is 4.74 Å². The van der Waals surface area contributed by atoms with Gasteiger partial charge in [-0.2, -0.15) is 0 Å². The van der Waals surface area contributed by atoms with Gasteiger partial charge in [-0.3, -0.25) is 0 Å². The molecule has 0 bridgehead atoms. The summed E-state index contributed by atoms with van der Waals surface area (Å²) in [5.41, 5.74) is 0.989. The van der Waals surface area contributed by atoms with Crippen molar-refractivity contribution >= 4 is 17.5 Å². The molecule has 0 aliphatic carbocycles. The molecule has 17 heavy (non-hydrogen) atoms. The topological polar surface area (TPSA) is 72.3 Å². The van der Waals surface area contributed by atoms with Crippen LogP contribution in [-0.2, 0) is 4.74 Å². The summed E-state index contributed by atoms with van der Waals surface area (Å²) in [7, 11) is 0. The van der Waals surface area contributed by atoms with Crippen LogP contribution in [0.1, 0.15) is 17.4 Å². The lowest BCUT2D eigenvalue weighted by Gasteiger charge is -2.01. The number of rotatable bonds is 3. The van der Waals surface area contributed by atoms with Crippen molar-refractivity contribution in [3.05, 3.63) is 30.0 Å². The van der Waals surface area contributed by atoms with Crippen molar-refractivity contribution in [2.45, 2.75) is 6.92 Å². The summed E-state index contributed by atoms with van der Waals surface area (Å²) in [4.78, 5) is 12.2. The Morgan fingerprint density at radius 3 is 2.76 bits per heavy atom. The molecule has 0 atom stereocenters. The highest BCUT2D eigenvalue weighted by molar-refractivity contribution is 7.09. The molecule has 1 N–H and O–H groups in total. The molecule has 88 valence electrons. The van der Waals surface area contributed by atoms with E-state index in [1.807, 2.05) is 0 Å². The molecule has 1 aromatic carbocycles. The van der Waals surface area contributed by atoms with E-state index in [1.165, 1.54) is 0 Å². The fourth-order valence-electron chi connectivity index (χ4n) is 1.33. The molecule has 0 saturated heterocycles. The zero-order valence-electron chi connectivity index (χ0n) is 9.08. The van der Waals surface area contributed by atoms with Crippen LogP contribution in [0.15, 0.2) is 24.3 Å². The van der Waals surface area contributed by atoms with E-state index in [1.54, 1.807) is 31.2 Å². The van der Waals surface area contributed by atoms with E-state index in [0.29, 0.717) is 11.5 Å². The van der Waals surface area contributed by atoms with Crippen LogP contribution in [-0.4, -0.2) is 27.3 Å². The average molecular weight is 250 g/mol. The first-order valence-electron chi connectivity index (χ1n) is 5.01. The first-order chi connectivity index (χ1) is 8.22. The zero-order valence-corrected chi connectivity index (χ0v) is 9.90. The van der Waals surface area contributed by atoms with E-state index >= 15 is 0 Å². The largest absolute Gasteiger partial charge is 0.508 e. The molecule has 0 unspecified atom stereocenters. The van der Waals surface area contributed by atoms with Crippen molar-refractivity contribution in [1.82, 2.24) is 9.59 Å². The van der Waals surface area contributed by atoms with E-state index in [9.17, 15) is 9.90 Å². The third-order valence-electron chi connectivity index (χ3n) is 2.09. The number of hydrogen-bond donors (Lipinski definition) is 1. The van der Waals surface area contributed by atoms with Crippen LogP contribution < -0.4 is 0 Å². The van der Waals surface area contributed by atoms with Crippen LogP contribution >= 0.6 is 11.5 Å². The maximum atomic E-state index is 11.6. The molecule has 0 amide bonds. The number of nitrogens with zero attached hydrogens (tertiary/aromatic N) is 2. The molecule has 0 spiro atoms. The summed E-state index contributed by atoms with van der Waals surface area (Å²) in [6, 6.07) is 6.49. The van der Waals surface area contributed by atoms with Gasteiger partial charge in [0.25, 0.3) is 0 Å². The minimum absolute atomic E-state index is 0.170. The van der Waals surface area contributed by atoms with E-state index in [2.05, 4.69) is 9.59 Å². The summed E-state index contributed by atoms with van der Waals surface area (Å²) < 4.78 is 8.64. The molecule has 6 heteroatoms. The number of esters is 1. The van der Waals surface area contributed by atoms with Gasteiger partial charge in [0.1, 0.15) is 5.75 Å². The molecule has 0 fully saturated rings. The Morgan fingerprint density at radius 2 is 2.12 bits per heavy atom. The molecule has 0 saturated carbocycles. The van der Waals surface area contributed by atoms with Crippen LogP contribution in [0, 0.1) is 0 Å². The fraction of sp³-hybridized carbons (Fsp3) is 0.182. The average Bonchev–Trinajstić information content (AvgIpc) is 2.79. The van der Waals surface area contributed by atoms with Crippen molar-refractivity contribution in [3.63, 3.8) is 0 Å². The van der Waals surface area contributed by atoms with E-state index in [-0.39, 0.29) is 11.4 Å². The van der Waals surface area contributed by atoms with Gasteiger partial charge in [0.05, 0.1) is 11.5 Å². The number of aromatic hydroxyl groups is 1. The Kier molecular flexibility index (Phi) is 3.34. The number of benzene rings is 1. The molecular formula is C11H10N2O3S. The number of hydrogen-bond acceptors (Lipinski definition) is 6. The minimum atomic E-state index is -0.482. The number of aromatic nitrogens is 2. The number of ether oxygens (including phenoxy) is 1. The molecule has 1 aromatic heterocycles. The fourth-order valence-corrected chi connectivity index (χ4v) is 1.98. The molecule has 5 nitrogen and oxygen atoms in total. The van der Waals surface area contributed by atoms with Crippen molar-refractivity contribution in [3.8, 4) is 16.2 Å². The van der Waals surface area contributed by atoms with Gasteiger partial charge in [-0.25, -0.2) is 4.79 Å². The number of carbonyl (C=O) groups excluding carboxylic acids is 1. The van der Waals surface area contributed by atoms with Gasteiger partial charge in [0, 0.05) is 0 Å². The summed E-state index contributed by atoms with van der Waals surface area (Å²) in [5, 5.41) is 13.0. The first kappa shape index (κ1) is 11.5. The first-order valence-corrected chi connectivity index (χ1v) is 5.78. The second-order valence-electron chi connectivity index (χ2n) is 3.22. The second kappa shape index (κ2) is 4.92. The lowest BCUT2D eigenvalue weighted by atomic mass is 10.1. The molecular weight excluding hydrogens is 240 g/mol. The van der Waals surface area contributed by atoms with Crippen LogP contribution in [0.3, 0.4) is 0 Å². The van der Waals surface area contributed by atoms with E-state index < -0.39 is 5.97 Å². The van der Waals surface area contributed by atoms with Crippen molar-refractivity contribution in [2.24, 2.45) is 0 Å². The lowest BCUT2D eigenvalue weighted by molar-refractivity contribution is 0.0520. The van der Waals surface area contributed by atoms with Gasteiger partial charge in [0.15, 0.2) is 5.69 Å². The molecule has 0 radical (unpaired) electrons. The van der Waals surface area contributed by atoms with Gasteiger partial charge in [-0.15, -0.1) is 5.10 Å². The predicted octanol–water partition coefficient (Wildman–Crippen LogP) is 2.09. The van der Waals surface area contributed by atoms with Crippen LogP contribution in [0.5, 0.6) is 5.75 Å². The van der Waals surface area contributed by atoms with Gasteiger partial charge in [-0.05, 0) is 48.3 Å². The summed E-state index contributed by atoms with van der Waals surface area (Å²) in [5.74, 6) is -0.312. The van der Waals surface area contributed by atoms with Gasteiger partial charge < -0.3 is 9.84 Å². The van der Waals surface area contributed by atoms with Crippen LogP contribution in [0.4, 0.5) is 0 Å². The Labute approximate surface area is 102 Å². The SMILES string of the molecule is CCOC(=O)c1nnsc1-c1ccc(O)cc1. The Morgan fingerprint density at radius 1 is 1.41 bits per heavy atom. The smallest absolute Gasteiger partial charge is 0.360 e. The Balaban J connectivity index is 2.36. The van der Waals surface area contributed by atoms with E-state index in [0.717, 1.165) is 17.1 Å². The van der Waals surface area contributed by atoms with Gasteiger partial charge in [-0.1, -0.05) is 4.49 Å². The third-order valence-corrected chi connectivity index (χ3v) is 2.86. The quantitative estimate of drug-likeness (QED) is 0.844. The molecule has 0 aliphatic rings. The highest BCUT2D eigenvalue weighted by Crippen LogP contribution is 2.27. The number of phenolic OH excluding ortho intramolecular Hbond substituents is 1. The zero-order chi connectivity index (χ0) is 12.3. The standard InChI is InChI=1S/C11H10N2O3S/c1-2-16-11(15)9-10(17-13-12-9)7-3-5-8(14)6-4-7/h3-6,14H,2H2,1H3. The highest BCUT2D eigenvalue weighted by Gasteiger charge is 2.18. The third kappa shape index (κ3) is 2.42. The molecule has 0 aliphatic heterocycles. The monoisotopic (exact) mass is 250 g/mol. The van der Waals surface area contributed by atoms with Crippen molar-refractivity contribution in [2.75, 3.05) is 6.61 Å². The predicted molar refractivity (Wildman–Crippen MR) is 63.0 cm³/mol. The molecule has 1 heterocycles. The maximum absolute atomic E-state index is 11.6. The number of phenols is 1. The lowest BCUT2D eigenvalue weighted by Crippen LogP contribution is -2.06. The highest BCUT2D eigenvalue weighted by atomic mass is 32.1. The second-order valence-corrected chi connectivity index (χ2v) is 3.97. The maximum Gasteiger partial charge on any atom is 0.360 e.